The molecule has 0 spiro atoms. The van der Waals surface area contributed by atoms with Crippen LogP contribution in [0.15, 0.2) is 36.4 Å². The molecule has 0 bridgehead atoms. The maximum Gasteiger partial charge on any atom is 0.164 e. The van der Waals surface area contributed by atoms with E-state index in [9.17, 15) is 5.26 Å². The molecule has 1 aromatic carbocycles. The second kappa shape index (κ2) is 8.00. The Morgan fingerprint density at radius 1 is 1.28 bits per heavy atom. The molecule has 0 amide bonds. The van der Waals surface area contributed by atoms with Crippen molar-refractivity contribution in [3.8, 4) is 23.1 Å². The number of anilines is 1. The Morgan fingerprint density at radius 3 is 2.88 bits per heavy atom. The Hall–Kier alpha value is -2.58. The van der Waals surface area contributed by atoms with Crippen molar-refractivity contribution in [2.75, 3.05) is 31.1 Å². The van der Waals surface area contributed by atoms with Crippen LogP contribution in [0.5, 0.6) is 5.75 Å². The number of rotatable bonds is 5. The summed E-state index contributed by atoms with van der Waals surface area (Å²) in [7, 11) is 0. The minimum absolute atomic E-state index is 0.393. The van der Waals surface area contributed by atoms with Crippen molar-refractivity contribution in [1.82, 2.24) is 10.3 Å². The first-order valence-corrected chi connectivity index (χ1v) is 8.89. The van der Waals surface area contributed by atoms with Gasteiger partial charge in [-0.3, -0.25) is 0 Å². The largest absolute Gasteiger partial charge is 0.493 e. The number of hydrogen-bond donors (Lipinski definition) is 1. The Morgan fingerprint density at radius 2 is 2.12 bits per heavy atom. The molecule has 1 N–H and O–H groups in total. The molecule has 3 rings (SSSR count). The highest BCUT2D eigenvalue weighted by Crippen LogP contribution is 2.31. The van der Waals surface area contributed by atoms with Crippen molar-refractivity contribution in [2.45, 2.75) is 26.3 Å². The lowest BCUT2D eigenvalue weighted by Gasteiger charge is -2.37. The van der Waals surface area contributed by atoms with E-state index >= 15 is 0 Å². The number of nitrogens with zero attached hydrogens (tertiary/aromatic N) is 3. The first-order valence-electron chi connectivity index (χ1n) is 8.89. The standard InChI is InChI=1S/C20H24N4O/c1-3-15-14-22-11-12-24(15)19-10-9-17(23-18(19)13-21)16-7-5-6-8-20(16)25-4-2/h5-10,15,22H,3-4,11-12,14H2,1-2H3/t15-/m1/s1. The normalized spacial score (nSPS) is 17.2. The molecule has 25 heavy (non-hydrogen) atoms. The molecule has 0 aliphatic carbocycles. The quantitative estimate of drug-likeness (QED) is 0.908. The minimum atomic E-state index is 0.393. The van der Waals surface area contributed by atoms with Crippen molar-refractivity contribution in [1.29, 1.82) is 5.26 Å². The minimum Gasteiger partial charge on any atom is -0.493 e. The molecule has 0 unspecified atom stereocenters. The van der Waals surface area contributed by atoms with Gasteiger partial charge in [-0.2, -0.15) is 5.26 Å². The molecule has 1 atom stereocenters. The van der Waals surface area contributed by atoms with Crippen LogP contribution in [-0.4, -0.2) is 37.3 Å². The van der Waals surface area contributed by atoms with Crippen molar-refractivity contribution >= 4 is 5.69 Å². The number of pyridine rings is 1. The van der Waals surface area contributed by atoms with Gasteiger partial charge in [-0.25, -0.2) is 4.98 Å². The molecular formula is C20H24N4O. The molecule has 0 saturated carbocycles. The molecule has 2 aromatic rings. The highest BCUT2D eigenvalue weighted by molar-refractivity contribution is 5.70. The van der Waals surface area contributed by atoms with E-state index in [1.54, 1.807) is 0 Å². The van der Waals surface area contributed by atoms with Gasteiger partial charge in [0.05, 0.1) is 18.0 Å². The molecular weight excluding hydrogens is 312 g/mol. The van der Waals surface area contributed by atoms with Crippen LogP contribution in [0, 0.1) is 11.3 Å². The summed E-state index contributed by atoms with van der Waals surface area (Å²) in [6.07, 6.45) is 1.03. The number of aromatic nitrogens is 1. The number of ether oxygens (including phenoxy) is 1. The van der Waals surface area contributed by atoms with Gasteiger partial charge in [0.15, 0.2) is 5.69 Å². The van der Waals surface area contributed by atoms with Gasteiger partial charge in [0.2, 0.25) is 0 Å². The lowest BCUT2D eigenvalue weighted by atomic mass is 10.1. The first-order chi connectivity index (χ1) is 12.3. The van der Waals surface area contributed by atoms with E-state index in [1.165, 1.54) is 0 Å². The van der Waals surface area contributed by atoms with Gasteiger partial charge < -0.3 is 15.0 Å². The van der Waals surface area contributed by atoms with Gasteiger partial charge in [-0.05, 0) is 37.6 Å². The molecule has 1 fully saturated rings. The van der Waals surface area contributed by atoms with Crippen molar-refractivity contribution in [3.63, 3.8) is 0 Å². The van der Waals surface area contributed by atoms with Crippen LogP contribution in [0.3, 0.4) is 0 Å². The van der Waals surface area contributed by atoms with Gasteiger partial charge in [0.1, 0.15) is 11.8 Å². The lowest BCUT2D eigenvalue weighted by molar-refractivity contribution is 0.341. The second-order valence-corrected chi connectivity index (χ2v) is 6.06. The maximum atomic E-state index is 9.67. The highest BCUT2D eigenvalue weighted by Gasteiger charge is 2.24. The van der Waals surface area contributed by atoms with Crippen molar-refractivity contribution < 1.29 is 4.74 Å². The zero-order valence-corrected chi connectivity index (χ0v) is 14.8. The summed E-state index contributed by atoms with van der Waals surface area (Å²) < 4.78 is 5.70. The fourth-order valence-corrected chi connectivity index (χ4v) is 3.32. The van der Waals surface area contributed by atoms with Crippen LogP contribution in [0.2, 0.25) is 0 Å². The topological polar surface area (TPSA) is 61.2 Å². The Bertz CT molecular complexity index is 769. The molecule has 2 heterocycles. The van der Waals surface area contributed by atoms with E-state index in [1.807, 2.05) is 43.3 Å². The summed E-state index contributed by atoms with van der Waals surface area (Å²) in [5, 5.41) is 13.1. The van der Waals surface area contributed by atoms with Crippen LogP contribution < -0.4 is 15.0 Å². The van der Waals surface area contributed by atoms with Crippen LogP contribution in [0.25, 0.3) is 11.3 Å². The Labute approximate surface area is 149 Å². The van der Waals surface area contributed by atoms with E-state index in [4.69, 9.17) is 4.74 Å². The third kappa shape index (κ3) is 3.59. The molecule has 5 nitrogen and oxygen atoms in total. The van der Waals surface area contributed by atoms with Crippen LogP contribution >= 0.6 is 0 Å². The van der Waals surface area contributed by atoms with E-state index in [0.29, 0.717) is 18.3 Å². The first kappa shape index (κ1) is 17.2. The summed E-state index contributed by atoms with van der Waals surface area (Å²) >= 11 is 0. The molecule has 1 aliphatic heterocycles. The van der Waals surface area contributed by atoms with Crippen LogP contribution in [-0.2, 0) is 0 Å². The third-order valence-electron chi connectivity index (χ3n) is 4.57. The molecule has 1 saturated heterocycles. The molecule has 1 aromatic heterocycles. The Kier molecular flexibility index (Phi) is 5.52. The average Bonchev–Trinajstić information content (AvgIpc) is 2.68. The number of piperazine rings is 1. The smallest absolute Gasteiger partial charge is 0.164 e. The summed E-state index contributed by atoms with van der Waals surface area (Å²) in [6, 6.07) is 14.5. The SMILES string of the molecule is CCOc1ccccc1-c1ccc(N2CCNC[C@H]2CC)c(C#N)n1. The monoisotopic (exact) mass is 336 g/mol. The second-order valence-electron chi connectivity index (χ2n) is 6.06. The number of para-hydroxylation sites is 1. The zero-order valence-electron chi connectivity index (χ0n) is 14.8. The predicted molar refractivity (Wildman–Crippen MR) is 99.9 cm³/mol. The third-order valence-corrected chi connectivity index (χ3v) is 4.57. The van der Waals surface area contributed by atoms with Gasteiger partial charge in [0.25, 0.3) is 0 Å². The number of hydrogen-bond acceptors (Lipinski definition) is 5. The van der Waals surface area contributed by atoms with Crippen molar-refractivity contribution in [2.24, 2.45) is 0 Å². The zero-order chi connectivity index (χ0) is 17.6. The van der Waals surface area contributed by atoms with E-state index < -0.39 is 0 Å². The van der Waals surface area contributed by atoms with E-state index in [-0.39, 0.29) is 0 Å². The molecule has 5 heteroatoms. The summed E-state index contributed by atoms with van der Waals surface area (Å²) in [6.45, 7) is 7.50. The fourth-order valence-electron chi connectivity index (χ4n) is 3.32. The van der Waals surface area contributed by atoms with Gasteiger partial charge in [-0.15, -0.1) is 0 Å². The molecule has 0 radical (unpaired) electrons. The van der Waals surface area contributed by atoms with E-state index in [2.05, 4.69) is 28.2 Å². The van der Waals surface area contributed by atoms with E-state index in [0.717, 1.165) is 48.7 Å². The lowest BCUT2D eigenvalue weighted by Crippen LogP contribution is -2.51. The molecule has 130 valence electrons. The average molecular weight is 336 g/mol. The summed E-state index contributed by atoms with van der Waals surface area (Å²) in [5.74, 6) is 0.794. The van der Waals surface area contributed by atoms with Gasteiger partial charge >= 0.3 is 0 Å². The summed E-state index contributed by atoms with van der Waals surface area (Å²) in [4.78, 5) is 6.95. The van der Waals surface area contributed by atoms with Gasteiger partial charge in [-0.1, -0.05) is 19.1 Å². The van der Waals surface area contributed by atoms with Crippen LogP contribution in [0.1, 0.15) is 26.0 Å². The maximum absolute atomic E-state index is 9.67. The number of nitriles is 1. The van der Waals surface area contributed by atoms with Gasteiger partial charge in [0, 0.05) is 31.2 Å². The van der Waals surface area contributed by atoms with Crippen molar-refractivity contribution in [3.05, 3.63) is 42.1 Å². The Balaban J connectivity index is 1.99. The number of nitrogens with one attached hydrogen (secondary N) is 1. The van der Waals surface area contributed by atoms with Crippen LogP contribution in [0.4, 0.5) is 5.69 Å². The highest BCUT2D eigenvalue weighted by atomic mass is 16.5. The molecule has 1 aliphatic rings. The number of benzene rings is 1. The summed E-state index contributed by atoms with van der Waals surface area (Å²) in [5.41, 5.74) is 3.09. The predicted octanol–water partition coefficient (Wildman–Crippen LogP) is 3.21. The fraction of sp³-hybridized carbons (Fsp3) is 0.400.